The molecule has 5 atom stereocenters. The number of carbonyl (C=O) groups excluding carboxylic acids is 2. The zero-order chi connectivity index (χ0) is 20.2. The average Bonchev–Trinajstić information content (AvgIpc) is 2.92. The number of methoxy groups -OCH3 is 1. The summed E-state index contributed by atoms with van der Waals surface area (Å²) in [4.78, 5) is 23.2. The Morgan fingerprint density at radius 1 is 1.30 bits per heavy atom. The molecule has 1 aliphatic rings. The van der Waals surface area contributed by atoms with Gasteiger partial charge >= 0.3 is 5.97 Å². The summed E-state index contributed by atoms with van der Waals surface area (Å²) < 4.78 is 4.58. The van der Waals surface area contributed by atoms with Gasteiger partial charge in [0.15, 0.2) is 0 Å². The Labute approximate surface area is 161 Å². The van der Waals surface area contributed by atoms with Gasteiger partial charge in [0.2, 0.25) is 0 Å². The summed E-state index contributed by atoms with van der Waals surface area (Å²) in [5.41, 5.74) is 0. The molecule has 6 heteroatoms. The van der Waals surface area contributed by atoms with Crippen LogP contribution in [0.2, 0.25) is 0 Å². The second-order valence-corrected chi connectivity index (χ2v) is 7.19. The highest BCUT2D eigenvalue weighted by Crippen LogP contribution is 2.33. The van der Waals surface area contributed by atoms with Crippen LogP contribution >= 0.6 is 0 Å². The number of ether oxygens (including phenoxy) is 1. The van der Waals surface area contributed by atoms with E-state index in [9.17, 15) is 24.9 Å². The molecule has 1 fully saturated rings. The monoisotopic (exact) mass is 382 g/mol. The minimum Gasteiger partial charge on any atom is -0.469 e. The van der Waals surface area contributed by atoms with E-state index in [4.69, 9.17) is 0 Å². The van der Waals surface area contributed by atoms with Crippen molar-refractivity contribution in [1.82, 2.24) is 0 Å². The number of rotatable bonds is 12. The third-order valence-electron chi connectivity index (χ3n) is 5.09. The van der Waals surface area contributed by atoms with Crippen molar-refractivity contribution < 1.29 is 29.6 Å². The second-order valence-electron chi connectivity index (χ2n) is 7.19. The van der Waals surface area contributed by atoms with Gasteiger partial charge in [-0.3, -0.25) is 9.59 Å². The van der Waals surface area contributed by atoms with E-state index >= 15 is 0 Å². The van der Waals surface area contributed by atoms with Crippen molar-refractivity contribution in [3.8, 4) is 0 Å². The van der Waals surface area contributed by atoms with Crippen LogP contribution < -0.4 is 0 Å². The number of allylic oxidation sites excluding steroid dienone is 2. The van der Waals surface area contributed by atoms with E-state index in [2.05, 4.69) is 4.74 Å². The van der Waals surface area contributed by atoms with Gasteiger partial charge < -0.3 is 20.1 Å². The zero-order valence-electron chi connectivity index (χ0n) is 16.4. The van der Waals surface area contributed by atoms with Crippen LogP contribution in [0.15, 0.2) is 24.3 Å². The Balaban J connectivity index is 2.48. The largest absolute Gasteiger partial charge is 0.469 e. The predicted octanol–water partition coefficient (Wildman–Crippen LogP) is 2.31. The van der Waals surface area contributed by atoms with Crippen LogP contribution in [0.1, 0.15) is 58.3 Å². The molecule has 0 saturated heterocycles. The highest BCUT2D eigenvalue weighted by atomic mass is 16.5. The van der Waals surface area contributed by atoms with E-state index in [1.165, 1.54) is 7.11 Å². The lowest BCUT2D eigenvalue weighted by molar-refractivity contribution is -0.140. The van der Waals surface area contributed by atoms with Crippen molar-refractivity contribution in [1.29, 1.82) is 0 Å². The van der Waals surface area contributed by atoms with Crippen LogP contribution in [-0.2, 0) is 14.3 Å². The van der Waals surface area contributed by atoms with E-state index in [0.29, 0.717) is 38.5 Å². The first-order valence-corrected chi connectivity index (χ1v) is 9.86. The van der Waals surface area contributed by atoms with Crippen molar-refractivity contribution in [3.63, 3.8) is 0 Å². The zero-order valence-corrected chi connectivity index (χ0v) is 16.4. The van der Waals surface area contributed by atoms with E-state index < -0.39 is 18.3 Å². The van der Waals surface area contributed by atoms with Gasteiger partial charge in [0.1, 0.15) is 5.78 Å². The number of carbonyl (C=O) groups is 2. The van der Waals surface area contributed by atoms with Crippen molar-refractivity contribution >= 4 is 11.8 Å². The van der Waals surface area contributed by atoms with Crippen molar-refractivity contribution in [2.45, 2.75) is 76.6 Å². The fourth-order valence-electron chi connectivity index (χ4n) is 3.27. The molecule has 6 nitrogen and oxygen atoms in total. The molecular formula is C21H34O6. The third kappa shape index (κ3) is 8.82. The van der Waals surface area contributed by atoms with E-state index in [1.54, 1.807) is 12.2 Å². The number of ketones is 1. The molecule has 0 radical (unpaired) electrons. The van der Waals surface area contributed by atoms with Gasteiger partial charge in [-0.15, -0.1) is 0 Å². The molecule has 4 unspecified atom stereocenters. The maximum Gasteiger partial charge on any atom is 0.305 e. The summed E-state index contributed by atoms with van der Waals surface area (Å²) in [5, 5.41) is 29.7. The van der Waals surface area contributed by atoms with Crippen molar-refractivity contribution in [2.24, 2.45) is 11.8 Å². The summed E-state index contributed by atoms with van der Waals surface area (Å²) in [6.07, 6.45) is 9.52. The first kappa shape index (κ1) is 23.5. The normalized spacial score (nSPS) is 25.4. The Morgan fingerprint density at radius 3 is 2.70 bits per heavy atom. The molecule has 1 saturated carbocycles. The summed E-state index contributed by atoms with van der Waals surface area (Å²) in [6.45, 7) is 1.89. The molecule has 0 aromatic rings. The summed E-state index contributed by atoms with van der Waals surface area (Å²) in [6, 6.07) is 0. The molecule has 1 rings (SSSR count). The highest BCUT2D eigenvalue weighted by Gasteiger charge is 2.39. The fourth-order valence-corrected chi connectivity index (χ4v) is 3.27. The summed E-state index contributed by atoms with van der Waals surface area (Å²) in [7, 11) is 1.37. The average molecular weight is 382 g/mol. The first-order chi connectivity index (χ1) is 12.9. The molecule has 0 aromatic carbocycles. The van der Waals surface area contributed by atoms with E-state index in [1.807, 2.05) is 19.1 Å². The molecule has 0 heterocycles. The van der Waals surface area contributed by atoms with E-state index in [0.717, 1.165) is 6.42 Å². The summed E-state index contributed by atoms with van der Waals surface area (Å²) in [5.74, 6) is -0.788. The van der Waals surface area contributed by atoms with Gasteiger partial charge in [0.25, 0.3) is 0 Å². The van der Waals surface area contributed by atoms with Gasteiger partial charge in [0.05, 0.1) is 25.4 Å². The van der Waals surface area contributed by atoms with Crippen LogP contribution in [-0.4, -0.2) is 52.5 Å². The molecule has 0 aromatic heterocycles. The molecule has 0 aliphatic heterocycles. The second kappa shape index (κ2) is 12.8. The quantitative estimate of drug-likeness (QED) is 0.272. The number of Topliss-reactive ketones (excluding diaryl/α,β-unsaturated/α-hetero) is 1. The van der Waals surface area contributed by atoms with Gasteiger partial charge in [-0.2, -0.15) is 0 Å². The van der Waals surface area contributed by atoms with Gasteiger partial charge in [-0.1, -0.05) is 31.2 Å². The van der Waals surface area contributed by atoms with Crippen molar-refractivity contribution in [2.75, 3.05) is 7.11 Å². The number of unbranched alkanes of at least 4 members (excludes halogenated alkanes) is 1. The number of aliphatic hydroxyl groups is 3. The Morgan fingerprint density at radius 2 is 2.04 bits per heavy atom. The third-order valence-corrected chi connectivity index (χ3v) is 5.09. The van der Waals surface area contributed by atoms with E-state index in [-0.39, 0.29) is 30.0 Å². The molecule has 0 amide bonds. The smallest absolute Gasteiger partial charge is 0.305 e. The molecule has 3 N–H and O–H groups in total. The minimum atomic E-state index is -0.722. The maximum atomic E-state index is 12.2. The molecule has 1 aliphatic carbocycles. The predicted molar refractivity (Wildman–Crippen MR) is 103 cm³/mol. The van der Waals surface area contributed by atoms with Crippen molar-refractivity contribution in [3.05, 3.63) is 24.3 Å². The van der Waals surface area contributed by atoms with Crippen LogP contribution in [0.25, 0.3) is 0 Å². The molecule has 0 bridgehead atoms. The number of hydrogen-bond acceptors (Lipinski definition) is 6. The summed E-state index contributed by atoms with van der Waals surface area (Å²) >= 11 is 0. The number of esters is 1. The Kier molecular flexibility index (Phi) is 11.2. The molecule has 154 valence electrons. The fraction of sp³-hybridized carbons (Fsp3) is 0.714. The lowest BCUT2D eigenvalue weighted by Gasteiger charge is -2.17. The number of aliphatic hydroxyl groups excluding tert-OH is 3. The van der Waals surface area contributed by atoms with Crippen LogP contribution in [0.4, 0.5) is 0 Å². The van der Waals surface area contributed by atoms with Crippen LogP contribution in [0, 0.1) is 11.8 Å². The minimum absolute atomic E-state index is 0.0345. The SMILES string of the molecule is CCC(O)CCC(O)/C=C/C1C(C/C=C\CCCC(=O)OC)C(=O)C[C@@H]1O. The van der Waals surface area contributed by atoms with Crippen LogP contribution in [0.5, 0.6) is 0 Å². The van der Waals surface area contributed by atoms with Gasteiger partial charge in [0, 0.05) is 24.7 Å². The van der Waals surface area contributed by atoms with Gasteiger partial charge in [-0.25, -0.2) is 0 Å². The Hall–Kier alpha value is -1.50. The number of hydrogen-bond donors (Lipinski definition) is 3. The standard InChI is InChI=1S/C21H34O6/c1-3-15(22)10-11-16(23)12-13-18-17(19(24)14-20(18)25)8-6-4-5-7-9-21(26)27-2/h4,6,12-13,15-18,20,22-23,25H,3,5,7-11,14H2,1-2H3/b6-4-,13-12+/t15?,16?,17?,18?,20-/m0/s1. The molecule has 0 spiro atoms. The molecular weight excluding hydrogens is 348 g/mol. The van der Waals surface area contributed by atoms with Gasteiger partial charge in [-0.05, 0) is 38.5 Å². The van der Waals surface area contributed by atoms with Crippen LogP contribution in [0.3, 0.4) is 0 Å². The Bertz CT molecular complexity index is 513. The molecule has 27 heavy (non-hydrogen) atoms. The lowest BCUT2D eigenvalue weighted by Crippen LogP contribution is -2.19. The maximum absolute atomic E-state index is 12.2. The highest BCUT2D eigenvalue weighted by molar-refractivity contribution is 5.84. The topological polar surface area (TPSA) is 104 Å². The first-order valence-electron chi connectivity index (χ1n) is 9.86. The lowest BCUT2D eigenvalue weighted by atomic mass is 9.90.